The zero-order valence-corrected chi connectivity index (χ0v) is 9.36. The topological polar surface area (TPSA) is 130 Å². The van der Waals surface area contributed by atoms with Crippen LogP contribution in [0, 0.1) is 0 Å². The molecule has 0 aliphatic heterocycles. The number of rotatable bonds is 5. The third kappa shape index (κ3) is 4.56. The van der Waals surface area contributed by atoms with E-state index >= 15 is 0 Å². The predicted molar refractivity (Wildman–Crippen MR) is 53.7 cm³/mol. The minimum Gasteiger partial charge on any atom is -0.394 e. The lowest BCUT2D eigenvalue weighted by Gasteiger charge is -2.20. The summed E-state index contributed by atoms with van der Waals surface area (Å²) >= 11 is 0. The Bertz CT molecular complexity index is 315. The van der Waals surface area contributed by atoms with Crippen molar-refractivity contribution in [3.63, 3.8) is 0 Å². The van der Waals surface area contributed by atoms with Crippen LogP contribution in [-0.2, 0) is 14.9 Å². The van der Waals surface area contributed by atoms with E-state index < -0.39 is 40.0 Å². The molecule has 15 heavy (non-hydrogen) atoms. The molecule has 3 atom stereocenters. The molecule has 1 amide bonds. The Kier molecular flexibility index (Phi) is 5.15. The number of carbonyl (C=O) groups is 1. The first-order valence-electron chi connectivity index (χ1n) is 4.33. The van der Waals surface area contributed by atoms with E-state index in [9.17, 15) is 13.2 Å². The van der Waals surface area contributed by atoms with Crippen LogP contribution in [0.15, 0.2) is 0 Å². The molecule has 5 N–H and O–H groups in total. The van der Waals surface area contributed by atoms with Gasteiger partial charge in [-0.3, -0.25) is 9.35 Å². The highest BCUT2D eigenvalue weighted by atomic mass is 32.2. The lowest BCUT2D eigenvalue weighted by molar-refractivity contribution is -0.123. The summed E-state index contributed by atoms with van der Waals surface area (Å²) < 4.78 is 30.1. The van der Waals surface area contributed by atoms with Gasteiger partial charge in [0.1, 0.15) is 11.3 Å². The number of nitrogens with two attached hydrogens (primary N) is 1. The van der Waals surface area contributed by atoms with Crippen LogP contribution >= 0.6 is 0 Å². The summed E-state index contributed by atoms with van der Waals surface area (Å²) in [4.78, 5) is 11.1. The van der Waals surface area contributed by atoms with Gasteiger partial charge in [0.25, 0.3) is 10.1 Å². The van der Waals surface area contributed by atoms with Crippen molar-refractivity contribution in [3.05, 3.63) is 0 Å². The first-order valence-corrected chi connectivity index (χ1v) is 5.83. The highest BCUT2D eigenvalue weighted by Crippen LogP contribution is 2.03. The molecule has 0 aromatic carbocycles. The molecule has 0 spiro atoms. The van der Waals surface area contributed by atoms with E-state index in [0.717, 1.165) is 0 Å². The number of aliphatic hydroxyl groups excluding tert-OH is 1. The van der Waals surface area contributed by atoms with Crippen LogP contribution in [0.4, 0.5) is 0 Å². The standard InChI is InChI=1S/C7H16N2O5S/c1-4(5(2)15(12,13)14)9-7(11)6(8)3-10/h4-6,10H,3,8H2,1-2H3,(H,9,11)(H,12,13,14). The van der Waals surface area contributed by atoms with E-state index in [0.29, 0.717) is 0 Å². The summed E-state index contributed by atoms with van der Waals surface area (Å²) in [7, 11) is -4.20. The molecule has 0 aromatic heterocycles. The Labute approximate surface area is 88.4 Å². The molecule has 0 bridgehead atoms. The van der Waals surface area contributed by atoms with Gasteiger partial charge in [0, 0.05) is 6.04 Å². The number of nitrogens with one attached hydrogen (secondary N) is 1. The Morgan fingerprint density at radius 1 is 1.47 bits per heavy atom. The molecule has 3 unspecified atom stereocenters. The van der Waals surface area contributed by atoms with Gasteiger partial charge in [0.15, 0.2) is 0 Å². The first-order chi connectivity index (χ1) is 6.70. The number of hydrogen-bond donors (Lipinski definition) is 4. The second-order valence-electron chi connectivity index (χ2n) is 3.31. The van der Waals surface area contributed by atoms with Crippen molar-refractivity contribution in [1.82, 2.24) is 5.32 Å². The average Bonchev–Trinajstić information content (AvgIpc) is 2.13. The van der Waals surface area contributed by atoms with Gasteiger partial charge in [-0.15, -0.1) is 0 Å². The second-order valence-corrected chi connectivity index (χ2v) is 5.08. The van der Waals surface area contributed by atoms with Crippen LogP contribution in [0.25, 0.3) is 0 Å². The molecule has 0 heterocycles. The zero-order chi connectivity index (χ0) is 12.2. The lowest BCUT2D eigenvalue weighted by atomic mass is 10.2. The quantitative estimate of drug-likeness (QED) is 0.415. The van der Waals surface area contributed by atoms with Crippen LogP contribution < -0.4 is 11.1 Å². The Hall–Kier alpha value is -0.700. The van der Waals surface area contributed by atoms with Gasteiger partial charge >= 0.3 is 0 Å². The van der Waals surface area contributed by atoms with Crippen molar-refractivity contribution in [1.29, 1.82) is 0 Å². The van der Waals surface area contributed by atoms with Crippen molar-refractivity contribution in [3.8, 4) is 0 Å². The van der Waals surface area contributed by atoms with Crippen LogP contribution in [0.3, 0.4) is 0 Å². The van der Waals surface area contributed by atoms with Gasteiger partial charge in [-0.2, -0.15) is 8.42 Å². The smallest absolute Gasteiger partial charge is 0.269 e. The van der Waals surface area contributed by atoms with Gasteiger partial charge in [0.05, 0.1) is 6.61 Å². The van der Waals surface area contributed by atoms with E-state index in [4.69, 9.17) is 15.4 Å². The molecule has 8 heteroatoms. The van der Waals surface area contributed by atoms with Gasteiger partial charge in [-0.1, -0.05) is 0 Å². The molecule has 0 saturated heterocycles. The lowest BCUT2D eigenvalue weighted by Crippen LogP contribution is -2.50. The van der Waals surface area contributed by atoms with Crippen molar-refractivity contribution in [2.75, 3.05) is 6.61 Å². The molecule has 0 aliphatic carbocycles. The Morgan fingerprint density at radius 2 is 1.93 bits per heavy atom. The second kappa shape index (κ2) is 5.40. The molecule has 0 fully saturated rings. The van der Waals surface area contributed by atoms with Gasteiger partial charge < -0.3 is 16.2 Å². The summed E-state index contributed by atoms with van der Waals surface area (Å²) in [5, 5.41) is 9.70. The van der Waals surface area contributed by atoms with E-state index in [1.54, 1.807) is 0 Å². The van der Waals surface area contributed by atoms with E-state index in [2.05, 4.69) is 5.32 Å². The van der Waals surface area contributed by atoms with Crippen molar-refractivity contribution >= 4 is 16.0 Å². The summed E-state index contributed by atoms with van der Waals surface area (Å²) in [5.41, 5.74) is 5.20. The number of amides is 1. The normalized spacial score (nSPS) is 17.9. The third-order valence-electron chi connectivity index (χ3n) is 2.08. The third-order valence-corrected chi connectivity index (χ3v) is 3.43. The van der Waals surface area contributed by atoms with E-state index in [1.807, 2.05) is 0 Å². The molecule has 0 saturated carbocycles. The largest absolute Gasteiger partial charge is 0.394 e. The molecular weight excluding hydrogens is 224 g/mol. The number of aliphatic hydroxyl groups is 1. The summed E-state index contributed by atoms with van der Waals surface area (Å²) in [6.07, 6.45) is 0. The maximum Gasteiger partial charge on any atom is 0.269 e. The average molecular weight is 240 g/mol. The fraction of sp³-hybridized carbons (Fsp3) is 0.857. The molecule has 0 aromatic rings. The number of carbonyl (C=O) groups excluding carboxylic acids is 1. The Morgan fingerprint density at radius 3 is 2.27 bits per heavy atom. The molecule has 90 valence electrons. The fourth-order valence-corrected chi connectivity index (χ4v) is 1.37. The van der Waals surface area contributed by atoms with Gasteiger partial charge in [-0.25, -0.2) is 0 Å². The molecule has 0 radical (unpaired) electrons. The predicted octanol–water partition coefficient (Wildman–Crippen LogP) is -1.91. The van der Waals surface area contributed by atoms with Crippen molar-refractivity contribution in [2.45, 2.75) is 31.2 Å². The molecule has 0 aliphatic rings. The van der Waals surface area contributed by atoms with Crippen LogP contribution in [0.2, 0.25) is 0 Å². The minimum atomic E-state index is -4.20. The van der Waals surface area contributed by atoms with Crippen LogP contribution in [0.5, 0.6) is 0 Å². The van der Waals surface area contributed by atoms with Crippen molar-refractivity contribution in [2.24, 2.45) is 5.73 Å². The minimum absolute atomic E-state index is 0.529. The summed E-state index contributed by atoms with van der Waals surface area (Å²) in [6, 6.07) is -1.88. The number of hydrogen-bond acceptors (Lipinski definition) is 5. The maximum absolute atomic E-state index is 11.1. The maximum atomic E-state index is 11.1. The monoisotopic (exact) mass is 240 g/mol. The highest BCUT2D eigenvalue weighted by molar-refractivity contribution is 7.86. The van der Waals surface area contributed by atoms with Gasteiger partial charge in [-0.05, 0) is 13.8 Å². The van der Waals surface area contributed by atoms with E-state index in [1.165, 1.54) is 13.8 Å². The van der Waals surface area contributed by atoms with Gasteiger partial charge in [0.2, 0.25) is 5.91 Å². The molecular formula is C7H16N2O5S. The summed E-state index contributed by atoms with van der Waals surface area (Å²) in [5.74, 6) is -0.666. The van der Waals surface area contributed by atoms with Crippen LogP contribution in [-0.4, -0.2) is 47.9 Å². The SMILES string of the molecule is CC(NC(=O)C(N)CO)C(C)S(=O)(=O)O. The van der Waals surface area contributed by atoms with Crippen molar-refractivity contribution < 1.29 is 22.9 Å². The Balaban J connectivity index is 4.38. The highest BCUT2D eigenvalue weighted by Gasteiger charge is 2.26. The summed E-state index contributed by atoms with van der Waals surface area (Å²) in [6.45, 7) is 2.14. The molecule has 7 nitrogen and oxygen atoms in total. The fourth-order valence-electron chi connectivity index (χ4n) is 0.790. The first kappa shape index (κ1) is 14.3. The zero-order valence-electron chi connectivity index (χ0n) is 8.54. The molecule has 0 rings (SSSR count). The van der Waals surface area contributed by atoms with E-state index in [-0.39, 0.29) is 0 Å². The van der Waals surface area contributed by atoms with Crippen LogP contribution in [0.1, 0.15) is 13.8 Å².